The Morgan fingerprint density at radius 3 is 2.55 bits per heavy atom. The van der Waals surface area contributed by atoms with E-state index in [1.165, 1.54) is 11.3 Å². The summed E-state index contributed by atoms with van der Waals surface area (Å²) in [6.07, 6.45) is 6.26. The highest BCUT2D eigenvalue weighted by Gasteiger charge is 2.37. The second kappa shape index (κ2) is 10.5. The Labute approximate surface area is 228 Å². The maximum atomic E-state index is 13.3. The molecule has 2 atom stereocenters. The number of nitrogens with one attached hydrogen (secondary N) is 1. The zero-order valence-electron chi connectivity index (χ0n) is 21.8. The standard InChI is InChI=1S/C30H34ClN5O2/c1-34-12-14-35(15-13-34)29(37)21-4-2-20(3-5-21)22-6-7-23(27(31)18-22)16-24-10-11-36(30(24)38)26-8-9-28-25(17-26)19-32-33-28/h2-7,18-19,24,26H,8-17H2,1H3,(H,32,33). The molecule has 8 heteroatoms. The molecule has 1 aliphatic carbocycles. The summed E-state index contributed by atoms with van der Waals surface area (Å²) < 4.78 is 0. The van der Waals surface area contributed by atoms with Crippen molar-refractivity contribution in [1.82, 2.24) is 24.9 Å². The van der Waals surface area contributed by atoms with E-state index in [1.54, 1.807) is 0 Å². The number of aryl methyl sites for hydroxylation is 1. The van der Waals surface area contributed by atoms with Crippen LogP contribution in [0.15, 0.2) is 48.7 Å². The van der Waals surface area contributed by atoms with Crippen LogP contribution in [0.25, 0.3) is 11.1 Å². The van der Waals surface area contributed by atoms with E-state index in [-0.39, 0.29) is 23.8 Å². The lowest BCUT2D eigenvalue weighted by Crippen LogP contribution is -2.47. The first-order valence-corrected chi connectivity index (χ1v) is 14.0. The molecule has 6 rings (SSSR count). The molecule has 0 saturated carbocycles. The van der Waals surface area contributed by atoms with Crippen LogP contribution >= 0.6 is 11.6 Å². The number of H-pyrrole nitrogens is 1. The van der Waals surface area contributed by atoms with Crippen molar-refractivity contribution in [1.29, 1.82) is 0 Å². The first-order valence-electron chi connectivity index (χ1n) is 13.6. The summed E-state index contributed by atoms with van der Waals surface area (Å²) in [5, 5.41) is 7.93. The third-order valence-electron chi connectivity index (χ3n) is 8.56. The van der Waals surface area contributed by atoms with Crippen molar-refractivity contribution in [3.8, 4) is 11.1 Å². The number of carbonyl (C=O) groups is 2. The normalized spacial score (nSPS) is 22.1. The van der Waals surface area contributed by atoms with E-state index in [0.717, 1.165) is 75.1 Å². The molecule has 1 aromatic heterocycles. The van der Waals surface area contributed by atoms with E-state index in [1.807, 2.05) is 41.4 Å². The Kier molecular flexibility index (Phi) is 6.97. The first-order chi connectivity index (χ1) is 18.5. The van der Waals surface area contributed by atoms with Crippen LogP contribution in [0.2, 0.25) is 5.02 Å². The molecule has 2 aliphatic heterocycles. The van der Waals surface area contributed by atoms with E-state index in [9.17, 15) is 9.59 Å². The molecule has 1 N–H and O–H groups in total. The Hall–Kier alpha value is -3.16. The topological polar surface area (TPSA) is 72.5 Å². The lowest BCUT2D eigenvalue weighted by Gasteiger charge is -2.32. The molecule has 38 heavy (non-hydrogen) atoms. The molecule has 3 aliphatic rings. The van der Waals surface area contributed by atoms with E-state index >= 15 is 0 Å². The summed E-state index contributed by atoms with van der Waals surface area (Å²) in [6, 6.07) is 14.1. The molecule has 2 fully saturated rings. The summed E-state index contributed by atoms with van der Waals surface area (Å²) in [6.45, 7) is 4.16. The average molecular weight is 532 g/mol. The number of piperazine rings is 1. The highest BCUT2D eigenvalue weighted by atomic mass is 35.5. The fourth-order valence-corrected chi connectivity index (χ4v) is 6.39. The van der Waals surface area contributed by atoms with Gasteiger partial charge in [0.25, 0.3) is 5.91 Å². The molecule has 2 amide bonds. The van der Waals surface area contributed by atoms with Crippen molar-refractivity contribution in [3.05, 3.63) is 76.1 Å². The number of rotatable bonds is 5. The van der Waals surface area contributed by atoms with Gasteiger partial charge in [0.05, 0.1) is 6.20 Å². The van der Waals surface area contributed by atoms with Crippen LogP contribution in [0.1, 0.15) is 40.0 Å². The molecule has 3 aromatic rings. The lowest BCUT2D eigenvalue weighted by molar-refractivity contribution is -0.133. The number of nitrogens with zero attached hydrogens (tertiary/aromatic N) is 4. The molecule has 2 aromatic carbocycles. The van der Waals surface area contributed by atoms with Gasteiger partial charge in [0.15, 0.2) is 0 Å². The third-order valence-corrected chi connectivity index (χ3v) is 8.91. The number of likely N-dealkylation sites (N-methyl/N-ethyl adjacent to an activating group) is 1. The van der Waals surface area contributed by atoms with E-state index < -0.39 is 0 Å². The van der Waals surface area contributed by atoms with Crippen molar-refractivity contribution in [2.24, 2.45) is 5.92 Å². The van der Waals surface area contributed by atoms with Crippen molar-refractivity contribution in [2.45, 2.75) is 38.1 Å². The van der Waals surface area contributed by atoms with Gasteiger partial charge in [-0.1, -0.05) is 35.9 Å². The molecule has 198 valence electrons. The largest absolute Gasteiger partial charge is 0.339 e. The van der Waals surface area contributed by atoms with E-state index in [0.29, 0.717) is 17.0 Å². The molecular weight excluding hydrogens is 498 g/mol. The number of hydrogen-bond donors (Lipinski definition) is 1. The second-order valence-electron chi connectivity index (χ2n) is 11.0. The number of benzene rings is 2. The summed E-state index contributed by atoms with van der Waals surface area (Å²) in [7, 11) is 2.08. The monoisotopic (exact) mass is 531 g/mol. The first kappa shape index (κ1) is 25.1. The summed E-state index contributed by atoms with van der Waals surface area (Å²) in [5.41, 5.74) is 6.22. The fraction of sp³-hybridized carbons (Fsp3) is 0.433. The quantitative estimate of drug-likeness (QED) is 0.539. The van der Waals surface area contributed by atoms with Crippen LogP contribution < -0.4 is 0 Å². The van der Waals surface area contributed by atoms with Gasteiger partial charge in [-0.3, -0.25) is 14.7 Å². The van der Waals surface area contributed by atoms with Crippen LogP contribution in [0.3, 0.4) is 0 Å². The molecule has 2 saturated heterocycles. The number of likely N-dealkylation sites (tertiary alicyclic amines) is 1. The Bertz CT molecular complexity index is 1330. The zero-order valence-corrected chi connectivity index (χ0v) is 22.6. The highest BCUT2D eigenvalue weighted by molar-refractivity contribution is 6.31. The van der Waals surface area contributed by atoms with E-state index in [4.69, 9.17) is 11.6 Å². The predicted octanol–water partition coefficient (Wildman–Crippen LogP) is 4.07. The molecule has 7 nitrogen and oxygen atoms in total. The Balaban J connectivity index is 1.09. The second-order valence-corrected chi connectivity index (χ2v) is 11.4. The van der Waals surface area contributed by atoms with Crippen LogP contribution in [0.4, 0.5) is 0 Å². The van der Waals surface area contributed by atoms with Gasteiger partial charge in [-0.05, 0) is 79.6 Å². The Morgan fingerprint density at radius 2 is 1.79 bits per heavy atom. The number of amides is 2. The van der Waals surface area contributed by atoms with Gasteiger partial charge in [-0.15, -0.1) is 0 Å². The van der Waals surface area contributed by atoms with Crippen molar-refractivity contribution in [3.63, 3.8) is 0 Å². The molecule has 3 heterocycles. The van der Waals surface area contributed by atoms with Gasteiger partial charge in [0, 0.05) is 61.0 Å². The van der Waals surface area contributed by atoms with E-state index in [2.05, 4.69) is 39.2 Å². The number of aromatic amines is 1. The van der Waals surface area contributed by atoms with Crippen molar-refractivity contribution < 1.29 is 9.59 Å². The van der Waals surface area contributed by atoms with Crippen LogP contribution in [0.5, 0.6) is 0 Å². The fourth-order valence-electron chi connectivity index (χ4n) is 6.13. The summed E-state index contributed by atoms with van der Waals surface area (Å²) in [5.74, 6) is 0.318. The average Bonchev–Trinajstić information content (AvgIpc) is 3.56. The zero-order chi connectivity index (χ0) is 26.2. The molecule has 0 radical (unpaired) electrons. The van der Waals surface area contributed by atoms with Crippen LogP contribution in [0, 0.1) is 5.92 Å². The van der Waals surface area contributed by atoms with Gasteiger partial charge in [0.2, 0.25) is 5.91 Å². The highest BCUT2D eigenvalue weighted by Crippen LogP contribution is 2.33. The minimum Gasteiger partial charge on any atom is -0.339 e. The van der Waals surface area contributed by atoms with Gasteiger partial charge >= 0.3 is 0 Å². The van der Waals surface area contributed by atoms with Gasteiger partial charge < -0.3 is 14.7 Å². The van der Waals surface area contributed by atoms with Crippen molar-refractivity contribution in [2.75, 3.05) is 39.8 Å². The minimum atomic E-state index is -0.0241. The number of halogens is 1. The molecule has 0 spiro atoms. The van der Waals surface area contributed by atoms with Gasteiger partial charge in [-0.25, -0.2) is 0 Å². The molecular formula is C30H34ClN5O2. The summed E-state index contributed by atoms with van der Waals surface area (Å²) in [4.78, 5) is 32.4. The maximum absolute atomic E-state index is 13.3. The van der Waals surface area contributed by atoms with Crippen LogP contribution in [-0.4, -0.2) is 82.5 Å². The van der Waals surface area contributed by atoms with Crippen LogP contribution in [-0.2, 0) is 24.1 Å². The lowest BCUT2D eigenvalue weighted by atomic mass is 9.92. The molecule has 2 unspecified atom stereocenters. The smallest absolute Gasteiger partial charge is 0.253 e. The molecule has 0 bridgehead atoms. The number of aromatic nitrogens is 2. The Morgan fingerprint density at radius 1 is 1.03 bits per heavy atom. The third kappa shape index (κ3) is 4.97. The van der Waals surface area contributed by atoms with Crippen molar-refractivity contribution >= 4 is 23.4 Å². The number of hydrogen-bond acceptors (Lipinski definition) is 4. The predicted molar refractivity (Wildman–Crippen MR) is 148 cm³/mol. The number of fused-ring (bicyclic) bond motifs is 1. The SMILES string of the molecule is CN1CCN(C(=O)c2ccc(-c3ccc(CC4CCN(C5CCc6[nH]ncc6C5)C4=O)c(Cl)c3)cc2)CC1. The van der Waals surface area contributed by atoms with Gasteiger partial charge in [0.1, 0.15) is 0 Å². The minimum absolute atomic E-state index is 0.0241. The van der Waals surface area contributed by atoms with Gasteiger partial charge in [-0.2, -0.15) is 5.10 Å². The number of carbonyl (C=O) groups excluding carboxylic acids is 2. The summed E-state index contributed by atoms with van der Waals surface area (Å²) >= 11 is 6.73. The maximum Gasteiger partial charge on any atom is 0.253 e.